The highest BCUT2D eigenvalue weighted by molar-refractivity contribution is 4.84. The number of hydrogen-bond donors (Lipinski definition) is 0. The van der Waals surface area contributed by atoms with Crippen LogP contribution >= 0.6 is 0 Å². The summed E-state index contributed by atoms with van der Waals surface area (Å²) in [7, 11) is 0. The zero-order valence-electron chi connectivity index (χ0n) is 5.81. The van der Waals surface area contributed by atoms with Crippen molar-refractivity contribution in [2.45, 2.75) is 12.2 Å². The maximum Gasteiger partial charge on any atom is 0.442 e. The van der Waals surface area contributed by atoms with Crippen LogP contribution in [0.1, 0.15) is 0 Å². The largest absolute Gasteiger partial charge is 0.442 e. The third-order valence-electron chi connectivity index (χ3n) is 1.31. The van der Waals surface area contributed by atoms with Crippen molar-refractivity contribution in [3.63, 3.8) is 0 Å². The van der Waals surface area contributed by atoms with Gasteiger partial charge in [-0.2, -0.15) is 13.2 Å². The van der Waals surface area contributed by atoms with E-state index in [2.05, 4.69) is 0 Å². The first-order valence-electron chi connectivity index (χ1n) is 2.73. The average molecular weight is 232 g/mol. The summed E-state index contributed by atoms with van der Waals surface area (Å²) in [4.78, 5) is 0. The van der Waals surface area contributed by atoms with E-state index >= 15 is 0 Å². The van der Waals surface area contributed by atoms with Gasteiger partial charge in [0.1, 0.15) is 5.34 Å². The fourth-order valence-electron chi connectivity index (χ4n) is 0.654. The number of nitrogens with zero attached hydrogens (tertiary/aromatic N) is 4. The molecule has 0 amide bonds. The van der Waals surface area contributed by atoms with E-state index in [9.17, 15) is 35.6 Å². The highest BCUT2D eigenvalue weighted by atomic mass is 19.4. The third-order valence-corrected chi connectivity index (χ3v) is 1.31. The van der Waals surface area contributed by atoms with Crippen molar-refractivity contribution < 1.29 is 35.6 Å². The molecular weight excluding hydrogens is 232 g/mol. The minimum absolute atomic E-state index is 1.79. The summed E-state index contributed by atoms with van der Waals surface area (Å²) in [6.45, 7) is 0. The Kier molecular flexibility index (Phi) is 2.34. The van der Waals surface area contributed by atoms with E-state index < -0.39 is 33.1 Å². The fourth-order valence-corrected chi connectivity index (χ4v) is 0.654. The number of halogens is 8. The first-order chi connectivity index (χ1) is 6.16. The standard InChI is InChI=1S/C2F8N4/c3-1(4,12(6)7)11-2(5,13(8)9)14(11)10. The van der Waals surface area contributed by atoms with Crippen LogP contribution in [0.3, 0.4) is 0 Å². The van der Waals surface area contributed by atoms with Crippen LogP contribution in [0.5, 0.6) is 0 Å². The predicted octanol–water partition coefficient (Wildman–Crippen LogP) is 1.68. The average Bonchev–Trinajstić information content (AvgIpc) is 2.56. The Balaban J connectivity index is 2.85. The lowest BCUT2D eigenvalue weighted by Crippen LogP contribution is -2.43. The monoisotopic (exact) mass is 232 g/mol. The van der Waals surface area contributed by atoms with Crippen LogP contribution in [0.2, 0.25) is 0 Å². The molecule has 0 aromatic rings. The first-order valence-corrected chi connectivity index (χ1v) is 2.73. The Labute approximate surface area is 70.1 Å². The molecule has 0 N–H and O–H groups in total. The number of hydrazine groups is 1. The lowest BCUT2D eigenvalue weighted by molar-refractivity contribution is -0.398. The van der Waals surface area contributed by atoms with Crippen molar-refractivity contribution in [1.29, 1.82) is 0 Å². The van der Waals surface area contributed by atoms with E-state index in [1.165, 1.54) is 0 Å². The summed E-state index contributed by atoms with van der Waals surface area (Å²) in [5.41, 5.74) is 0. The molecule has 1 aliphatic rings. The molecule has 0 radical (unpaired) electrons. The topological polar surface area (TPSA) is 12.5 Å². The molecule has 3 atom stereocenters. The van der Waals surface area contributed by atoms with Gasteiger partial charge in [-0.25, -0.2) is 0 Å². The molecule has 0 spiro atoms. The number of hydrogen-bond acceptors (Lipinski definition) is 4. The smallest absolute Gasteiger partial charge is 0.178 e. The molecule has 0 aromatic heterocycles. The van der Waals surface area contributed by atoms with E-state index in [-0.39, 0.29) is 0 Å². The molecule has 1 rings (SSSR count). The second-order valence-corrected chi connectivity index (χ2v) is 2.10. The minimum atomic E-state index is -5.51. The Hall–Kier alpha value is -0.720. The molecule has 1 aliphatic heterocycles. The second kappa shape index (κ2) is 2.88. The van der Waals surface area contributed by atoms with Gasteiger partial charge < -0.3 is 0 Å². The van der Waals surface area contributed by atoms with Crippen molar-refractivity contribution in [2.75, 3.05) is 0 Å². The Morgan fingerprint density at radius 3 is 1.71 bits per heavy atom. The molecule has 0 bridgehead atoms. The van der Waals surface area contributed by atoms with E-state index in [4.69, 9.17) is 0 Å². The van der Waals surface area contributed by atoms with Crippen molar-refractivity contribution in [3.05, 3.63) is 0 Å². The summed E-state index contributed by atoms with van der Waals surface area (Å²) in [5, 5.41) is -9.20. The van der Waals surface area contributed by atoms with Crippen molar-refractivity contribution >= 4 is 0 Å². The first kappa shape index (κ1) is 11.4. The molecule has 14 heavy (non-hydrogen) atoms. The molecule has 4 nitrogen and oxygen atoms in total. The maximum atomic E-state index is 12.3. The van der Waals surface area contributed by atoms with E-state index in [0.717, 1.165) is 0 Å². The van der Waals surface area contributed by atoms with Crippen LogP contribution < -0.4 is 0 Å². The summed E-state index contributed by atoms with van der Waals surface area (Å²) < 4.78 is 93.9. The normalized spacial score (nSPS) is 38.1. The van der Waals surface area contributed by atoms with E-state index in [1.807, 2.05) is 0 Å². The molecule has 3 unspecified atom stereocenters. The summed E-state index contributed by atoms with van der Waals surface area (Å²) in [6.07, 6.45) is -5.51. The zero-order valence-corrected chi connectivity index (χ0v) is 5.81. The van der Waals surface area contributed by atoms with Crippen molar-refractivity contribution in [2.24, 2.45) is 0 Å². The number of alkyl halides is 3. The van der Waals surface area contributed by atoms with Crippen molar-refractivity contribution in [1.82, 2.24) is 20.9 Å². The van der Waals surface area contributed by atoms with Gasteiger partial charge in [0.15, 0.2) is 0 Å². The molecule has 0 aliphatic carbocycles. The summed E-state index contributed by atoms with van der Waals surface area (Å²) in [6, 6.07) is -4.68. The van der Waals surface area contributed by atoms with Gasteiger partial charge in [0, 0.05) is 5.23 Å². The van der Waals surface area contributed by atoms with Gasteiger partial charge in [0.2, 0.25) is 0 Å². The van der Waals surface area contributed by atoms with Crippen LogP contribution in [0.25, 0.3) is 0 Å². The Morgan fingerprint density at radius 1 is 1.07 bits per heavy atom. The van der Waals surface area contributed by atoms with Gasteiger partial charge in [-0.3, -0.25) is 0 Å². The van der Waals surface area contributed by atoms with Crippen LogP contribution in [-0.4, -0.2) is 33.1 Å². The molecule has 1 heterocycles. The summed E-state index contributed by atoms with van der Waals surface area (Å²) >= 11 is 0. The van der Waals surface area contributed by atoms with Crippen LogP contribution in [0.4, 0.5) is 35.6 Å². The molecule has 1 saturated heterocycles. The molecule has 84 valence electrons. The predicted molar refractivity (Wildman–Crippen MR) is 21.7 cm³/mol. The fraction of sp³-hybridized carbons (Fsp3) is 1.00. The van der Waals surface area contributed by atoms with Gasteiger partial charge in [-0.15, -0.1) is 4.48 Å². The summed E-state index contributed by atoms with van der Waals surface area (Å²) in [5.74, 6) is 0. The highest BCUT2D eigenvalue weighted by Gasteiger charge is 2.83. The Bertz CT molecular complexity index is 216. The molecule has 0 aromatic carbocycles. The zero-order chi connectivity index (χ0) is 11.3. The van der Waals surface area contributed by atoms with Crippen LogP contribution in [0, 0.1) is 0 Å². The SMILES string of the molecule is FN(F)C(F)(F)N1N(F)C1(F)N(F)F. The minimum Gasteiger partial charge on any atom is -0.178 e. The lowest BCUT2D eigenvalue weighted by Gasteiger charge is -2.15. The molecule has 12 heteroatoms. The number of rotatable bonds is 3. The van der Waals surface area contributed by atoms with E-state index in [0.29, 0.717) is 0 Å². The Morgan fingerprint density at radius 2 is 1.50 bits per heavy atom. The maximum absolute atomic E-state index is 12.3. The van der Waals surface area contributed by atoms with Gasteiger partial charge in [-0.1, -0.05) is 22.9 Å². The lowest BCUT2D eigenvalue weighted by atomic mass is 10.8. The third kappa shape index (κ3) is 1.22. The van der Waals surface area contributed by atoms with Gasteiger partial charge in [-0.05, 0) is 0 Å². The van der Waals surface area contributed by atoms with Crippen LogP contribution in [-0.2, 0) is 0 Å². The highest BCUT2D eigenvalue weighted by Crippen LogP contribution is 2.52. The second-order valence-electron chi connectivity index (χ2n) is 2.10. The molecular formula is C2F8N4. The van der Waals surface area contributed by atoms with Crippen molar-refractivity contribution in [3.8, 4) is 0 Å². The quantitative estimate of drug-likeness (QED) is 0.317. The molecule has 1 fully saturated rings. The van der Waals surface area contributed by atoms with Crippen LogP contribution in [0.15, 0.2) is 0 Å². The van der Waals surface area contributed by atoms with Gasteiger partial charge in [0.25, 0.3) is 0 Å². The van der Waals surface area contributed by atoms with E-state index in [1.54, 1.807) is 0 Å². The van der Waals surface area contributed by atoms with Gasteiger partial charge >= 0.3 is 12.2 Å². The molecule has 0 saturated carbocycles. The van der Waals surface area contributed by atoms with Gasteiger partial charge in [0.05, 0.1) is 5.34 Å².